The zero-order chi connectivity index (χ0) is 36.4. The van der Waals surface area contributed by atoms with E-state index in [0.29, 0.717) is 39.0 Å². The molecule has 4 aromatic rings. The van der Waals surface area contributed by atoms with Crippen LogP contribution in [-0.2, 0) is 45.7 Å². The van der Waals surface area contributed by atoms with Crippen LogP contribution in [-0.4, -0.2) is 90.0 Å². The lowest BCUT2D eigenvalue weighted by Crippen LogP contribution is -2.29. The number of nitrogens with one attached hydrogen (secondary N) is 1. The fraction of sp³-hybridized carbons (Fsp3) is 0.545. The van der Waals surface area contributed by atoms with Crippen molar-refractivity contribution >= 4 is 71.8 Å². The molecular weight excluding hydrogens is 760 g/mol. The van der Waals surface area contributed by atoms with Crippen molar-refractivity contribution in [1.29, 1.82) is 0 Å². The van der Waals surface area contributed by atoms with Crippen molar-refractivity contribution < 1.29 is 21.6 Å². The predicted molar refractivity (Wildman–Crippen MR) is 202 cm³/mol. The van der Waals surface area contributed by atoms with Crippen LogP contribution in [0.25, 0.3) is 0 Å². The maximum absolute atomic E-state index is 12.9. The molecule has 4 aromatic heterocycles. The van der Waals surface area contributed by atoms with E-state index in [9.17, 15) is 21.6 Å². The van der Waals surface area contributed by atoms with Crippen LogP contribution in [0.2, 0.25) is 8.67 Å². The number of aryl methyl sites for hydroxylation is 4. The Balaban J connectivity index is 0.000000200. The van der Waals surface area contributed by atoms with E-state index in [1.165, 1.54) is 42.0 Å². The number of carbonyl (C=O) groups is 1. The topological polar surface area (TPSA) is 138 Å². The summed E-state index contributed by atoms with van der Waals surface area (Å²) in [5.41, 5.74) is 3.14. The molecule has 2 unspecified atom stereocenters. The largest absolute Gasteiger partial charge is 0.282 e. The molecule has 2 aliphatic rings. The summed E-state index contributed by atoms with van der Waals surface area (Å²) < 4.78 is 52.9. The minimum absolute atomic E-state index is 0.0127. The number of nitrogens with zero attached hydrogens (tertiary/aromatic N) is 5. The standard InChI is InChI=1S/C19H26ClN3O3S2.C14H18ClN3O2S2/c1-19(2,3)18(24)23-14(5-6-15-7-8-17(20)27-15)11-16(21-23)13-9-10-22(12-13)28(4,25)26;1-22(19,20)18-7-6-10(9-18)13-8-11(16-17-13)2-3-12-4-5-14(15)21-12/h7-8,11,13H,5-6,9-10,12H2,1-4H3;4-5,8,10H,2-3,6-7,9H2,1H3,(H,16,17). The second-order valence-electron chi connectivity index (χ2n) is 14.0. The molecule has 50 heavy (non-hydrogen) atoms. The molecule has 2 fully saturated rings. The summed E-state index contributed by atoms with van der Waals surface area (Å²) in [6.45, 7) is 7.65. The molecule has 1 N–H and O–H groups in total. The second-order valence-corrected chi connectivity index (χ2v) is 21.5. The molecule has 274 valence electrons. The molecule has 0 spiro atoms. The molecule has 0 aliphatic carbocycles. The fourth-order valence-electron chi connectivity index (χ4n) is 6.05. The summed E-state index contributed by atoms with van der Waals surface area (Å²) in [7, 11) is -6.31. The van der Waals surface area contributed by atoms with Gasteiger partial charge in [-0.3, -0.25) is 9.89 Å². The van der Waals surface area contributed by atoms with Gasteiger partial charge in [-0.05, 0) is 74.9 Å². The van der Waals surface area contributed by atoms with Crippen molar-refractivity contribution in [3.63, 3.8) is 0 Å². The fourth-order valence-corrected chi connectivity index (χ4v) is 10.0. The van der Waals surface area contributed by atoms with Gasteiger partial charge in [-0.15, -0.1) is 22.7 Å². The third kappa shape index (κ3) is 10.3. The van der Waals surface area contributed by atoms with Crippen molar-refractivity contribution in [2.75, 3.05) is 38.7 Å². The summed E-state index contributed by atoms with van der Waals surface area (Å²) >= 11 is 15.1. The van der Waals surface area contributed by atoms with E-state index in [4.69, 9.17) is 23.2 Å². The first kappa shape index (κ1) is 39.1. The summed E-state index contributed by atoms with van der Waals surface area (Å²) in [4.78, 5) is 15.3. The summed E-state index contributed by atoms with van der Waals surface area (Å²) in [5.74, 6) is 0.144. The van der Waals surface area contributed by atoms with Gasteiger partial charge in [0, 0.05) is 64.6 Å². The van der Waals surface area contributed by atoms with Crippen LogP contribution in [0.3, 0.4) is 0 Å². The van der Waals surface area contributed by atoms with Crippen LogP contribution < -0.4 is 0 Å². The maximum Gasteiger partial charge on any atom is 0.252 e. The molecule has 11 nitrogen and oxygen atoms in total. The zero-order valence-corrected chi connectivity index (χ0v) is 33.6. The van der Waals surface area contributed by atoms with E-state index >= 15 is 0 Å². The number of hydrogen-bond acceptors (Lipinski definition) is 9. The van der Waals surface area contributed by atoms with E-state index in [2.05, 4.69) is 21.4 Å². The van der Waals surface area contributed by atoms with Gasteiger partial charge >= 0.3 is 0 Å². The Morgan fingerprint density at radius 2 is 1.34 bits per heavy atom. The van der Waals surface area contributed by atoms with Crippen molar-refractivity contribution in [2.24, 2.45) is 5.41 Å². The Labute approximate surface area is 313 Å². The van der Waals surface area contributed by atoms with Crippen LogP contribution in [0.1, 0.15) is 82.8 Å². The second kappa shape index (κ2) is 15.9. The van der Waals surface area contributed by atoms with Crippen molar-refractivity contribution in [1.82, 2.24) is 28.6 Å². The lowest BCUT2D eigenvalue weighted by atomic mass is 9.95. The molecule has 6 heterocycles. The lowest BCUT2D eigenvalue weighted by Gasteiger charge is -2.18. The maximum atomic E-state index is 12.9. The molecule has 0 radical (unpaired) electrons. The van der Waals surface area contributed by atoms with E-state index in [1.807, 2.05) is 51.1 Å². The average molecular weight is 804 g/mol. The Kier molecular flexibility index (Phi) is 12.4. The molecule has 2 saturated heterocycles. The number of rotatable bonds is 10. The highest BCUT2D eigenvalue weighted by Crippen LogP contribution is 2.31. The first-order chi connectivity index (χ1) is 23.4. The molecule has 6 rings (SSSR count). The molecule has 0 amide bonds. The lowest BCUT2D eigenvalue weighted by molar-refractivity contribution is 0.0744. The highest BCUT2D eigenvalue weighted by atomic mass is 35.5. The number of sulfonamides is 2. The Morgan fingerprint density at radius 3 is 1.80 bits per heavy atom. The quantitative estimate of drug-likeness (QED) is 0.194. The highest BCUT2D eigenvalue weighted by molar-refractivity contribution is 7.88. The van der Waals surface area contributed by atoms with Crippen molar-refractivity contribution in [2.45, 2.75) is 71.1 Å². The normalized spacial score (nSPS) is 19.2. The van der Waals surface area contributed by atoms with Gasteiger partial charge in [-0.25, -0.2) is 30.1 Å². The van der Waals surface area contributed by atoms with Gasteiger partial charge in [0.25, 0.3) is 5.91 Å². The highest BCUT2D eigenvalue weighted by Gasteiger charge is 2.34. The third-order valence-electron chi connectivity index (χ3n) is 8.89. The van der Waals surface area contributed by atoms with Crippen LogP contribution >= 0.6 is 45.9 Å². The minimum atomic E-state index is -3.21. The Bertz CT molecular complexity index is 2010. The van der Waals surface area contributed by atoms with Gasteiger partial charge in [0.2, 0.25) is 20.0 Å². The third-order valence-corrected chi connectivity index (χ3v) is 14.0. The monoisotopic (exact) mass is 802 g/mol. The number of aromatic nitrogens is 4. The van der Waals surface area contributed by atoms with Crippen LogP contribution in [0.4, 0.5) is 0 Å². The first-order valence-electron chi connectivity index (χ1n) is 16.4. The number of halogens is 2. The van der Waals surface area contributed by atoms with Gasteiger partial charge in [-0.2, -0.15) is 10.2 Å². The van der Waals surface area contributed by atoms with E-state index in [1.54, 1.807) is 11.3 Å². The van der Waals surface area contributed by atoms with Gasteiger partial charge in [0.05, 0.1) is 32.6 Å². The first-order valence-corrected chi connectivity index (χ1v) is 22.5. The Hall–Kier alpha value is -2.11. The van der Waals surface area contributed by atoms with Gasteiger partial charge in [-0.1, -0.05) is 44.0 Å². The average Bonchev–Trinajstić information content (AvgIpc) is 3.86. The van der Waals surface area contributed by atoms with E-state index in [-0.39, 0.29) is 17.7 Å². The van der Waals surface area contributed by atoms with Crippen LogP contribution in [0.5, 0.6) is 0 Å². The number of carbonyl (C=O) groups excluding carboxylic acids is 1. The summed E-state index contributed by atoms with van der Waals surface area (Å²) in [5, 5.41) is 12.0. The molecule has 2 aliphatic heterocycles. The molecular formula is C33H44Cl2N6O5S4. The molecule has 17 heteroatoms. The van der Waals surface area contributed by atoms with E-state index in [0.717, 1.165) is 62.0 Å². The number of H-pyrrole nitrogens is 1. The molecule has 2 atom stereocenters. The smallest absolute Gasteiger partial charge is 0.252 e. The van der Waals surface area contributed by atoms with Crippen LogP contribution in [0, 0.1) is 5.41 Å². The number of thiophene rings is 2. The van der Waals surface area contributed by atoms with Gasteiger partial charge < -0.3 is 0 Å². The predicted octanol–water partition coefficient (Wildman–Crippen LogP) is 6.48. The SMILES string of the molecule is CC(C)(C)C(=O)n1nc(C2CCN(S(C)(=O)=O)C2)cc1CCc1ccc(Cl)s1.CS(=O)(=O)N1CCC(c2cc(CCc3ccc(Cl)s3)[nH]n2)C1. The van der Waals surface area contributed by atoms with Crippen molar-refractivity contribution in [3.8, 4) is 0 Å². The zero-order valence-electron chi connectivity index (χ0n) is 28.9. The molecule has 0 bridgehead atoms. The minimum Gasteiger partial charge on any atom is -0.282 e. The van der Waals surface area contributed by atoms with Crippen molar-refractivity contribution in [3.05, 3.63) is 77.6 Å². The number of hydrogen-bond donors (Lipinski definition) is 1. The van der Waals surface area contributed by atoms with E-state index < -0.39 is 25.5 Å². The summed E-state index contributed by atoms with van der Waals surface area (Å²) in [6, 6.07) is 11.9. The van der Waals surface area contributed by atoms with Crippen LogP contribution in [0.15, 0.2) is 36.4 Å². The number of aromatic amines is 1. The molecule has 0 saturated carbocycles. The van der Waals surface area contributed by atoms with Gasteiger partial charge in [0.1, 0.15) is 0 Å². The summed E-state index contributed by atoms with van der Waals surface area (Å²) in [6.07, 6.45) is 7.30. The Morgan fingerprint density at radius 1 is 0.820 bits per heavy atom. The molecule has 0 aromatic carbocycles. The van der Waals surface area contributed by atoms with Gasteiger partial charge in [0.15, 0.2) is 0 Å².